The highest BCUT2D eigenvalue weighted by Gasteiger charge is 2.22. The Morgan fingerprint density at radius 3 is 2.84 bits per heavy atom. The number of primary amides is 1. The minimum atomic E-state index is -0.354. The molecule has 2 unspecified atom stereocenters. The average Bonchev–Trinajstić information content (AvgIpc) is 2.77. The summed E-state index contributed by atoms with van der Waals surface area (Å²) in [7, 11) is 0. The summed E-state index contributed by atoms with van der Waals surface area (Å²) in [6, 6.07) is 8.42. The number of nitrogens with two attached hydrogens (primary N) is 2. The van der Waals surface area contributed by atoms with Gasteiger partial charge in [0.05, 0.1) is 18.7 Å². The zero-order valence-electron chi connectivity index (χ0n) is 11.0. The molecule has 1 saturated carbocycles. The van der Waals surface area contributed by atoms with Gasteiger partial charge in [0.1, 0.15) is 5.75 Å². The number of hydrogen-bond acceptors (Lipinski definition) is 4. The van der Waals surface area contributed by atoms with Crippen LogP contribution in [-0.4, -0.2) is 24.6 Å². The molecule has 1 aromatic carbocycles. The first-order valence-corrected chi connectivity index (χ1v) is 6.67. The predicted molar refractivity (Wildman–Crippen MR) is 75.0 cm³/mol. The lowest BCUT2D eigenvalue weighted by Gasteiger charge is -2.17. The molecule has 2 atom stereocenters. The highest BCUT2D eigenvalue weighted by atomic mass is 16.5. The lowest BCUT2D eigenvalue weighted by molar-refractivity contribution is -0.118. The number of nitrogens with one attached hydrogen (secondary N) is 1. The maximum atomic E-state index is 10.7. The Morgan fingerprint density at radius 2 is 2.16 bits per heavy atom. The van der Waals surface area contributed by atoms with E-state index in [1.165, 1.54) is 0 Å². The van der Waals surface area contributed by atoms with Gasteiger partial charge in [-0.3, -0.25) is 4.79 Å². The van der Waals surface area contributed by atoms with E-state index in [1.54, 1.807) is 0 Å². The summed E-state index contributed by atoms with van der Waals surface area (Å²) in [6.07, 6.45) is 3.34. The molecule has 5 heteroatoms. The summed E-state index contributed by atoms with van der Waals surface area (Å²) in [5.41, 5.74) is 12.0. The Balaban J connectivity index is 1.93. The van der Waals surface area contributed by atoms with Crippen molar-refractivity contribution in [3.63, 3.8) is 0 Å². The molecule has 1 amide bonds. The van der Waals surface area contributed by atoms with Crippen LogP contribution in [0.25, 0.3) is 0 Å². The Labute approximate surface area is 113 Å². The van der Waals surface area contributed by atoms with Crippen LogP contribution < -0.4 is 21.5 Å². The van der Waals surface area contributed by atoms with Crippen molar-refractivity contribution in [2.45, 2.75) is 37.8 Å². The van der Waals surface area contributed by atoms with Crippen LogP contribution in [0.15, 0.2) is 24.3 Å². The molecular weight excluding hydrogens is 242 g/mol. The van der Waals surface area contributed by atoms with Crippen molar-refractivity contribution < 1.29 is 9.53 Å². The molecule has 0 aromatic heterocycles. The minimum absolute atomic E-state index is 0.225. The van der Waals surface area contributed by atoms with Gasteiger partial charge in [-0.1, -0.05) is 12.1 Å². The Bertz CT molecular complexity index is 436. The van der Waals surface area contributed by atoms with Gasteiger partial charge in [0, 0.05) is 12.1 Å². The van der Waals surface area contributed by atoms with Gasteiger partial charge in [0.2, 0.25) is 5.91 Å². The molecule has 5 nitrogen and oxygen atoms in total. The zero-order chi connectivity index (χ0) is 13.7. The van der Waals surface area contributed by atoms with E-state index in [0.29, 0.717) is 18.7 Å². The highest BCUT2D eigenvalue weighted by Crippen LogP contribution is 2.28. The van der Waals surface area contributed by atoms with Crippen LogP contribution in [0.2, 0.25) is 0 Å². The molecule has 104 valence electrons. The van der Waals surface area contributed by atoms with E-state index in [1.807, 2.05) is 24.3 Å². The fourth-order valence-corrected chi connectivity index (χ4v) is 2.34. The third-order valence-electron chi connectivity index (χ3n) is 3.33. The molecule has 1 aliphatic rings. The van der Waals surface area contributed by atoms with E-state index in [4.69, 9.17) is 16.2 Å². The van der Waals surface area contributed by atoms with Crippen LogP contribution >= 0.6 is 0 Å². The smallest absolute Gasteiger partial charge is 0.220 e. The summed E-state index contributed by atoms with van der Waals surface area (Å²) >= 11 is 0. The summed E-state index contributed by atoms with van der Waals surface area (Å²) in [6.45, 7) is 0.304. The molecule has 0 heterocycles. The van der Waals surface area contributed by atoms with Crippen LogP contribution in [0.4, 0.5) is 5.69 Å². The number of hydrogen-bond donors (Lipinski definition) is 3. The molecule has 0 spiro atoms. The first-order valence-electron chi connectivity index (χ1n) is 6.67. The van der Waals surface area contributed by atoms with Crippen molar-refractivity contribution in [1.82, 2.24) is 0 Å². The van der Waals surface area contributed by atoms with Crippen LogP contribution in [0.1, 0.15) is 25.7 Å². The Kier molecular flexibility index (Phi) is 4.63. The molecular formula is C14H21N3O2. The normalized spacial score (nSPS) is 22.2. The lowest BCUT2D eigenvalue weighted by atomic mass is 10.2. The molecule has 2 rings (SSSR count). The Morgan fingerprint density at radius 1 is 1.37 bits per heavy atom. The average molecular weight is 263 g/mol. The van der Waals surface area contributed by atoms with Crippen LogP contribution in [0.3, 0.4) is 0 Å². The molecule has 1 aliphatic carbocycles. The third kappa shape index (κ3) is 4.13. The molecule has 1 aromatic rings. The molecule has 19 heavy (non-hydrogen) atoms. The number of carbonyl (C=O) groups is 1. The predicted octanol–water partition coefficient (Wildman–Crippen LogP) is 1.23. The topological polar surface area (TPSA) is 90.4 Å². The van der Waals surface area contributed by atoms with Crippen molar-refractivity contribution in [3.05, 3.63) is 24.3 Å². The largest absolute Gasteiger partial charge is 0.491 e. The second-order valence-corrected chi connectivity index (χ2v) is 4.98. The number of rotatable bonds is 6. The van der Waals surface area contributed by atoms with Crippen LogP contribution in [-0.2, 0) is 4.79 Å². The fourth-order valence-electron chi connectivity index (χ4n) is 2.34. The van der Waals surface area contributed by atoms with Gasteiger partial charge in [-0.05, 0) is 31.4 Å². The zero-order valence-corrected chi connectivity index (χ0v) is 11.0. The first kappa shape index (κ1) is 13.7. The van der Waals surface area contributed by atoms with Gasteiger partial charge < -0.3 is 21.5 Å². The number of anilines is 1. The quantitative estimate of drug-likeness (QED) is 0.720. The van der Waals surface area contributed by atoms with Crippen molar-refractivity contribution in [2.75, 3.05) is 11.9 Å². The maximum Gasteiger partial charge on any atom is 0.220 e. The summed E-state index contributed by atoms with van der Waals surface area (Å²) in [4.78, 5) is 10.7. The van der Waals surface area contributed by atoms with E-state index in [2.05, 4.69) is 5.32 Å². The van der Waals surface area contributed by atoms with Crippen LogP contribution in [0, 0.1) is 0 Å². The summed E-state index contributed by atoms with van der Waals surface area (Å²) in [5, 5.41) is 3.46. The SMILES string of the molecule is NC(=O)CCOc1ccccc1NC1CCC(N)C1. The van der Waals surface area contributed by atoms with E-state index in [0.717, 1.165) is 30.7 Å². The highest BCUT2D eigenvalue weighted by molar-refractivity contribution is 5.73. The first-order chi connectivity index (χ1) is 9.15. The molecule has 0 radical (unpaired) electrons. The van der Waals surface area contributed by atoms with E-state index in [-0.39, 0.29) is 12.3 Å². The number of para-hydroxylation sites is 2. The van der Waals surface area contributed by atoms with Gasteiger partial charge >= 0.3 is 0 Å². The molecule has 5 N–H and O–H groups in total. The van der Waals surface area contributed by atoms with E-state index in [9.17, 15) is 4.79 Å². The molecule has 0 bridgehead atoms. The van der Waals surface area contributed by atoms with Gasteiger partial charge in [0.15, 0.2) is 0 Å². The van der Waals surface area contributed by atoms with Gasteiger partial charge in [0.25, 0.3) is 0 Å². The molecule has 0 saturated heterocycles. The Hall–Kier alpha value is -1.75. The van der Waals surface area contributed by atoms with Crippen molar-refractivity contribution in [2.24, 2.45) is 11.5 Å². The summed E-state index contributed by atoms with van der Waals surface area (Å²) in [5.74, 6) is 0.399. The maximum absolute atomic E-state index is 10.7. The molecule has 1 fully saturated rings. The van der Waals surface area contributed by atoms with Crippen molar-refractivity contribution >= 4 is 11.6 Å². The monoisotopic (exact) mass is 263 g/mol. The third-order valence-corrected chi connectivity index (χ3v) is 3.33. The van der Waals surface area contributed by atoms with Crippen molar-refractivity contribution in [3.8, 4) is 5.75 Å². The van der Waals surface area contributed by atoms with Crippen LogP contribution in [0.5, 0.6) is 5.75 Å². The number of benzene rings is 1. The lowest BCUT2D eigenvalue weighted by Crippen LogP contribution is -2.21. The number of amides is 1. The van der Waals surface area contributed by atoms with Gasteiger partial charge in [-0.15, -0.1) is 0 Å². The standard InChI is InChI=1S/C14H21N3O2/c15-10-5-6-11(9-10)17-12-3-1-2-4-13(12)19-8-7-14(16)18/h1-4,10-11,17H,5-9,15H2,(H2,16,18). The van der Waals surface area contributed by atoms with Gasteiger partial charge in [-0.25, -0.2) is 0 Å². The second kappa shape index (κ2) is 6.43. The molecule has 0 aliphatic heterocycles. The van der Waals surface area contributed by atoms with E-state index >= 15 is 0 Å². The van der Waals surface area contributed by atoms with Crippen molar-refractivity contribution in [1.29, 1.82) is 0 Å². The summed E-state index contributed by atoms with van der Waals surface area (Å²) < 4.78 is 5.59. The second-order valence-electron chi connectivity index (χ2n) is 4.98. The number of carbonyl (C=O) groups excluding carboxylic acids is 1. The minimum Gasteiger partial charge on any atom is -0.491 e. The van der Waals surface area contributed by atoms with Gasteiger partial charge in [-0.2, -0.15) is 0 Å². The fraction of sp³-hybridized carbons (Fsp3) is 0.500. The number of ether oxygens (including phenoxy) is 1. The van der Waals surface area contributed by atoms with E-state index < -0.39 is 0 Å².